The van der Waals surface area contributed by atoms with Crippen molar-refractivity contribution in [1.29, 1.82) is 0 Å². The molecule has 0 radical (unpaired) electrons. The summed E-state index contributed by atoms with van der Waals surface area (Å²) in [5.41, 5.74) is 2.72. The lowest BCUT2D eigenvalue weighted by Crippen LogP contribution is -2.27. The number of aromatic nitrogens is 2. The molecule has 0 aliphatic rings. The summed E-state index contributed by atoms with van der Waals surface area (Å²) in [4.78, 5) is 0.226. The van der Waals surface area contributed by atoms with Gasteiger partial charge >= 0.3 is 0 Å². The summed E-state index contributed by atoms with van der Waals surface area (Å²) in [6, 6.07) is 7.78. The van der Waals surface area contributed by atoms with Crippen molar-refractivity contribution < 1.29 is 8.42 Å². The van der Waals surface area contributed by atoms with Gasteiger partial charge in [0.15, 0.2) is 0 Å². The number of nitrogens with one attached hydrogen (secondary N) is 1. The van der Waals surface area contributed by atoms with Crippen LogP contribution in [-0.4, -0.2) is 18.2 Å². The minimum atomic E-state index is -3.57. The third-order valence-electron chi connectivity index (χ3n) is 3.61. The first-order valence-electron chi connectivity index (χ1n) is 7.45. The van der Waals surface area contributed by atoms with Crippen LogP contribution in [0.15, 0.2) is 35.4 Å². The second-order valence-electron chi connectivity index (χ2n) is 5.59. The van der Waals surface area contributed by atoms with Gasteiger partial charge in [-0.2, -0.15) is 5.10 Å². The van der Waals surface area contributed by atoms with Crippen LogP contribution in [0.2, 0.25) is 0 Å². The van der Waals surface area contributed by atoms with E-state index in [1.165, 1.54) is 16.4 Å². The summed E-state index contributed by atoms with van der Waals surface area (Å²) >= 11 is 0. The third-order valence-corrected chi connectivity index (χ3v) is 5.25. The number of nitrogens with zero attached hydrogens (tertiary/aromatic N) is 2. The monoisotopic (exact) mass is 321 g/mol. The number of aryl methyl sites for hydroxylation is 3. The molecule has 22 heavy (non-hydrogen) atoms. The quantitative estimate of drug-likeness (QED) is 0.890. The van der Waals surface area contributed by atoms with Gasteiger partial charge in [-0.3, -0.25) is 4.68 Å². The summed E-state index contributed by atoms with van der Waals surface area (Å²) in [5.74, 6) is 0. The van der Waals surface area contributed by atoms with Gasteiger partial charge in [0.2, 0.25) is 10.0 Å². The highest BCUT2D eigenvalue weighted by molar-refractivity contribution is 7.89. The van der Waals surface area contributed by atoms with Crippen LogP contribution in [-0.2, 0) is 23.5 Å². The van der Waals surface area contributed by atoms with Gasteiger partial charge in [-0.1, -0.05) is 37.6 Å². The molecule has 0 saturated heterocycles. The van der Waals surface area contributed by atoms with Crippen LogP contribution in [0.3, 0.4) is 0 Å². The average molecular weight is 321 g/mol. The molecule has 2 aromatic rings. The molecule has 0 fully saturated rings. The Hall–Kier alpha value is -1.66. The summed E-state index contributed by atoms with van der Waals surface area (Å²) in [5, 5.41) is 4.09. The van der Waals surface area contributed by atoms with E-state index in [0.29, 0.717) is 5.69 Å². The number of rotatable bonds is 6. The fourth-order valence-electron chi connectivity index (χ4n) is 2.47. The lowest BCUT2D eigenvalue weighted by Gasteiger charge is -2.14. The molecule has 0 aliphatic heterocycles. The number of hydrogen-bond acceptors (Lipinski definition) is 3. The highest BCUT2D eigenvalue weighted by Crippen LogP contribution is 2.19. The average Bonchev–Trinajstić information content (AvgIpc) is 2.79. The van der Waals surface area contributed by atoms with Crippen molar-refractivity contribution in [3.63, 3.8) is 0 Å². The van der Waals surface area contributed by atoms with Gasteiger partial charge in [-0.25, -0.2) is 13.1 Å². The minimum absolute atomic E-state index is 0.226. The van der Waals surface area contributed by atoms with E-state index in [4.69, 9.17) is 0 Å². The Morgan fingerprint density at radius 3 is 2.41 bits per heavy atom. The van der Waals surface area contributed by atoms with E-state index >= 15 is 0 Å². The molecule has 1 aromatic heterocycles. The number of benzene rings is 1. The Morgan fingerprint density at radius 2 is 1.91 bits per heavy atom. The van der Waals surface area contributed by atoms with E-state index in [1.807, 2.05) is 19.1 Å². The molecular weight excluding hydrogens is 298 g/mol. The van der Waals surface area contributed by atoms with E-state index in [1.54, 1.807) is 14.0 Å². The molecule has 1 aromatic carbocycles. The van der Waals surface area contributed by atoms with Crippen LogP contribution in [0.5, 0.6) is 0 Å². The second-order valence-corrected chi connectivity index (χ2v) is 7.27. The molecule has 0 saturated carbocycles. The molecule has 5 nitrogen and oxygen atoms in total. The fraction of sp³-hybridized carbons (Fsp3) is 0.438. The van der Waals surface area contributed by atoms with Gasteiger partial charge < -0.3 is 0 Å². The van der Waals surface area contributed by atoms with Crippen molar-refractivity contribution in [2.24, 2.45) is 7.05 Å². The molecule has 0 spiro atoms. The topological polar surface area (TPSA) is 64.0 Å². The Bertz CT molecular complexity index is 733. The highest BCUT2D eigenvalue weighted by Gasteiger charge is 2.22. The minimum Gasteiger partial charge on any atom is -0.274 e. The van der Waals surface area contributed by atoms with Crippen LogP contribution >= 0.6 is 0 Å². The van der Waals surface area contributed by atoms with E-state index < -0.39 is 10.0 Å². The summed E-state index contributed by atoms with van der Waals surface area (Å²) < 4.78 is 29.1. The zero-order chi connectivity index (χ0) is 16.3. The van der Waals surface area contributed by atoms with Crippen molar-refractivity contribution in [2.45, 2.75) is 44.6 Å². The molecule has 120 valence electrons. The Morgan fingerprint density at radius 1 is 1.27 bits per heavy atom. The van der Waals surface area contributed by atoms with E-state index in [9.17, 15) is 8.42 Å². The maximum atomic E-state index is 12.5. The lowest BCUT2D eigenvalue weighted by molar-refractivity contribution is 0.566. The van der Waals surface area contributed by atoms with Crippen molar-refractivity contribution >= 4 is 10.0 Å². The maximum Gasteiger partial charge on any atom is 0.244 e. The Balaban J connectivity index is 2.16. The molecule has 6 heteroatoms. The summed E-state index contributed by atoms with van der Waals surface area (Å²) in [6.07, 6.45) is 3.66. The van der Waals surface area contributed by atoms with Crippen molar-refractivity contribution in [3.05, 3.63) is 47.3 Å². The van der Waals surface area contributed by atoms with Gasteiger partial charge in [0, 0.05) is 19.3 Å². The smallest absolute Gasteiger partial charge is 0.244 e. The maximum absolute atomic E-state index is 12.5. The zero-order valence-corrected chi connectivity index (χ0v) is 14.3. The molecular formula is C16H23N3O2S. The number of hydrogen-bond donors (Lipinski definition) is 1. The molecule has 1 unspecified atom stereocenters. The van der Waals surface area contributed by atoms with Gasteiger partial charge in [0.1, 0.15) is 4.90 Å². The van der Waals surface area contributed by atoms with Gasteiger partial charge in [-0.05, 0) is 31.4 Å². The first-order valence-corrected chi connectivity index (χ1v) is 8.93. The van der Waals surface area contributed by atoms with Gasteiger partial charge in [0.25, 0.3) is 0 Å². The molecule has 0 amide bonds. The first kappa shape index (κ1) is 16.7. The normalized spacial score (nSPS) is 13.3. The molecule has 1 N–H and O–H groups in total. The van der Waals surface area contributed by atoms with E-state index in [0.717, 1.165) is 18.4 Å². The van der Waals surface area contributed by atoms with Crippen LogP contribution in [0.1, 0.15) is 43.1 Å². The van der Waals surface area contributed by atoms with Crippen LogP contribution in [0.4, 0.5) is 0 Å². The molecule has 0 aliphatic carbocycles. The highest BCUT2D eigenvalue weighted by atomic mass is 32.2. The molecule has 2 rings (SSSR count). The third kappa shape index (κ3) is 3.75. The van der Waals surface area contributed by atoms with E-state index in [-0.39, 0.29) is 10.9 Å². The van der Waals surface area contributed by atoms with Crippen molar-refractivity contribution in [1.82, 2.24) is 14.5 Å². The largest absolute Gasteiger partial charge is 0.274 e. The molecule has 1 atom stereocenters. The molecule has 0 bridgehead atoms. The predicted octanol–water partition coefficient (Wildman–Crippen LogP) is 2.72. The van der Waals surface area contributed by atoms with Gasteiger partial charge in [-0.15, -0.1) is 0 Å². The number of sulfonamides is 1. The predicted molar refractivity (Wildman–Crippen MR) is 87.1 cm³/mol. The zero-order valence-electron chi connectivity index (χ0n) is 13.5. The van der Waals surface area contributed by atoms with Crippen molar-refractivity contribution in [2.75, 3.05) is 0 Å². The Kier molecular flexibility index (Phi) is 5.03. The SMILES string of the molecule is CCCc1ccc(C(C)NS(=O)(=O)c2cn(C)nc2C)cc1. The first-order chi connectivity index (χ1) is 10.3. The van der Waals surface area contributed by atoms with Crippen LogP contribution in [0.25, 0.3) is 0 Å². The van der Waals surface area contributed by atoms with Gasteiger partial charge in [0.05, 0.1) is 5.69 Å². The molecule has 1 heterocycles. The lowest BCUT2D eigenvalue weighted by atomic mass is 10.0. The fourth-order valence-corrected chi connectivity index (χ4v) is 3.92. The summed E-state index contributed by atoms with van der Waals surface area (Å²) in [6.45, 7) is 5.68. The van der Waals surface area contributed by atoms with Crippen LogP contribution in [0, 0.1) is 6.92 Å². The van der Waals surface area contributed by atoms with E-state index in [2.05, 4.69) is 28.9 Å². The standard InChI is InChI=1S/C16H23N3O2S/c1-5-6-14-7-9-15(10-8-14)12(2)18-22(20,21)16-11-19(4)17-13(16)3/h7-12,18H,5-6H2,1-4H3. The van der Waals surface area contributed by atoms with Crippen LogP contribution < -0.4 is 4.72 Å². The Labute approximate surface area is 132 Å². The van der Waals surface area contributed by atoms with Crippen molar-refractivity contribution in [3.8, 4) is 0 Å². The summed E-state index contributed by atoms with van der Waals surface area (Å²) in [7, 11) is -1.86. The second kappa shape index (κ2) is 6.62.